The molecule has 2 aliphatic rings. The van der Waals surface area contributed by atoms with Crippen molar-refractivity contribution < 1.29 is 4.79 Å². The van der Waals surface area contributed by atoms with E-state index in [9.17, 15) is 4.79 Å². The van der Waals surface area contributed by atoms with Crippen molar-refractivity contribution in [3.05, 3.63) is 5.56 Å². The van der Waals surface area contributed by atoms with Gasteiger partial charge in [-0.1, -0.05) is 12.8 Å². The molecule has 0 aromatic carbocycles. The van der Waals surface area contributed by atoms with Gasteiger partial charge in [0.15, 0.2) is 5.82 Å². The van der Waals surface area contributed by atoms with Crippen LogP contribution in [0, 0.1) is 5.41 Å². The first-order valence-electron chi connectivity index (χ1n) is 7.37. The number of anilines is 2. The maximum atomic E-state index is 12.0. The highest BCUT2D eigenvalue weighted by Gasteiger charge is 2.38. The maximum Gasteiger partial charge on any atom is 0.257 e. The number of aromatic nitrogens is 1. The van der Waals surface area contributed by atoms with Gasteiger partial charge in [-0.2, -0.15) is 4.37 Å². The van der Waals surface area contributed by atoms with Crippen molar-refractivity contribution in [3.8, 4) is 0 Å². The minimum atomic E-state index is -0.132. The van der Waals surface area contributed by atoms with Crippen LogP contribution in [0.2, 0.25) is 0 Å². The molecule has 6 heteroatoms. The molecule has 2 heterocycles. The lowest BCUT2D eigenvalue weighted by molar-refractivity contribution is 0.0964. The normalized spacial score (nSPS) is 21.4. The molecule has 3 rings (SSSR count). The summed E-state index contributed by atoms with van der Waals surface area (Å²) in [6.45, 7) is 2.04. The molecule has 2 fully saturated rings. The largest absolute Gasteiger partial charge is 0.382 e. The van der Waals surface area contributed by atoms with E-state index in [1.165, 1.54) is 50.1 Å². The van der Waals surface area contributed by atoms with E-state index >= 15 is 0 Å². The van der Waals surface area contributed by atoms with Crippen LogP contribution in [0.3, 0.4) is 0 Å². The van der Waals surface area contributed by atoms with Crippen LogP contribution in [0.5, 0.6) is 0 Å². The van der Waals surface area contributed by atoms with E-state index in [1.807, 2.05) is 0 Å². The van der Waals surface area contributed by atoms with Gasteiger partial charge in [-0.15, -0.1) is 0 Å². The topological polar surface area (TPSA) is 71.2 Å². The van der Waals surface area contributed by atoms with Crippen LogP contribution in [0.4, 0.5) is 10.8 Å². The van der Waals surface area contributed by atoms with Gasteiger partial charge >= 0.3 is 0 Å². The van der Waals surface area contributed by atoms with Gasteiger partial charge in [0.2, 0.25) is 0 Å². The third-order valence-electron chi connectivity index (χ3n) is 4.93. The van der Waals surface area contributed by atoms with Crippen molar-refractivity contribution in [3.63, 3.8) is 0 Å². The van der Waals surface area contributed by atoms with Crippen LogP contribution in [0.1, 0.15) is 48.9 Å². The fourth-order valence-electron chi connectivity index (χ4n) is 3.66. The van der Waals surface area contributed by atoms with Crippen LogP contribution in [-0.2, 0) is 0 Å². The average molecular weight is 294 g/mol. The SMILES string of the molecule is CNC(=O)c1c(N)nsc1N1CCC2(CCCC2)CC1. The highest BCUT2D eigenvalue weighted by molar-refractivity contribution is 7.11. The zero-order valence-electron chi connectivity index (χ0n) is 11.9. The van der Waals surface area contributed by atoms with Crippen molar-refractivity contribution in [1.82, 2.24) is 9.69 Å². The molecule has 1 saturated heterocycles. The van der Waals surface area contributed by atoms with Crippen molar-refractivity contribution in [2.45, 2.75) is 38.5 Å². The number of hydrogen-bond donors (Lipinski definition) is 2. The summed E-state index contributed by atoms with van der Waals surface area (Å²) >= 11 is 1.35. The van der Waals surface area contributed by atoms with E-state index in [1.54, 1.807) is 7.05 Å². The first-order chi connectivity index (χ1) is 9.65. The quantitative estimate of drug-likeness (QED) is 0.877. The Morgan fingerprint density at radius 1 is 1.30 bits per heavy atom. The number of carbonyl (C=O) groups excluding carboxylic acids is 1. The zero-order chi connectivity index (χ0) is 14.2. The molecular formula is C14H22N4OS. The summed E-state index contributed by atoms with van der Waals surface area (Å²) in [5, 5.41) is 3.60. The summed E-state index contributed by atoms with van der Waals surface area (Å²) in [4.78, 5) is 14.3. The van der Waals surface area contributed by atoms with E-state index < -0.39 is 0 Å². The van der Waals surface area contributed by atoms with Gasteiger partial charge in [-0.3, -0.25) is 4.79 Å². The Balaban J connectivity index is 1.76. The predicted molar refractivity (Wildman–Crippen MR) is 82.3 cm³/mol. The molecule has 3 N–H and O–H groups in total. The van der Waals surface area contributed by atoms with Gasteiger partial charge in [0, 0.05) is 20.1 Å². The standard InChI is InChI=1S/C14H22N4OS/c1-16-12(19)10-11(15)17-20-13(10)18-8-6-14(7-9-18)4-2-3-5-14/h2-9H2,1H3,(H2,15,17)(H,16,19). The Kier molecular flexibility index (Phi) is 3.58. The summed E-state index contributed by atoms with van der Waals surface area (Å²) < 4.78 is 4.17. The van der Waals surface area contributed by atoms with Gasteiger partial charge in [0.25, 0.3) is 5.91 Å². The second-order valence-electron chi connectivity index (χ2n) is 6.02. The van der Waals surface area contributed by atoms with Crippen LogP contribution < -0.4 is 16.0 Å². The zero-order valence-corrected chi connectivity index (χ0v) is 12.8. The second-order valence-corrected chi connectivity index (χ2v) is 6.77. The number of amides is 1. The lowest BCUT2D eigenvalue weighted by Crippen LogP contribution is -2.39. The highest BCUT2D eigenvalue weighted by atomic mass is 32.1. The number of nitrogen functional groups attached to an aromatic ring is 1. The molecule has 110 valence electrons. The molecule has 1 amide bonds. The van der Waals surface area contributed by atoms with Crippen LogP contribution in [-0.4, -0.2) is 30.4 Å². The number of rotatable bonds is 2. The number of piperidine rings is 1. The first kappa shape index (κ1) is 13.7. The monoisotopic (exact) mass is 294 g/mol. The van der Waals surface area contributed by atoms with E-state index in [4.69, 9.17) is 5.73 Å². The maximum absolute atomic E-state index is 12.0. The van der Waals surface area contributed by atoms with Gasteiger partial charge in [0.05, 0.1) is 0 Å². The molecule has 5 nitrogen and oxygen atoms in total. The minimum absolute atomic E-state index is 0.132. The van der Waals surface area contributed by atoms with E-state index in [0.717, 1.165) is 18.1 Å². The summed E-state index contributed by atoms with van der Waals surface area (Å²) in [6, 6.07) is 0. The van der Waals surface area contributed by atoms with E-state index in [-0.39, 0.29) is 5.91 Å². The molecular weight excluding hydrogens is 272 g/mol. The van der Waals surface area contributed by atoms with Crippen molar-refractivity contribution in [1.29, 1.82) is 0 Å². The first-order valence-corrected chi connectivity index (χ1v) is 8.15. The summed E-state index contributed by atoms with van der Waals surface area (Å²) in [5.41, 5.74) is 6.99. The molecule has 1 saturated carbocycles. The summed E-state index contributed by atoms with van der Waals surface area (Å²) in [7, 11) is 1.63. The van der Waals surface area contributed by atoms with Crippen LogP contribution >= 0.6 is 11.5 Å². The second kappa shape index (κ2) is 5.24. The molecule has 1 aromatic rings. The number of hydrogen-bond acceptors (Lipinski definition) is 5. The number of nitrogens with zero attached hydrogens (tertiary/aromatic N) is 2. The van der Waals surface area contributed by atoms with Gasteiger partial charge in [-0.25, -0.2) is 0 Å². The van der Waals surface area contributed by atoms with Gasteiger partial charge in [-0.05, 0) is 42.6 Å². The van der Waals surface area contributed by atoms with E-state index in [0.29, 0.717) is 16.8 Å². The van der Waals surface area contributed by atoms with Crippen molar-refractivity contribution in [2.24, 2.45) is 5.41 Å². The van der Waals surface area contributed by atoms with Crippen molar-refractivity contribution in [2.75, 3.05) is 30.8 Å². The van der Waals surface area contributed by atoms with Crippen LogP contribution in [0.25, 0.3) is 0 Å². The molecule has 0 bridgehead atoms. The molecule has 1 aromatic heterocycles. The Bertz CT molecular complexity index is 497. The molecule has 0 atom stereocenters. The predicted octanol–water partition coefficient (Wildman–Crippen LogP) is 2.25. The van der Waals surface area contributed by atoms with Crippen molar-refractivity contribution >= 4 is 28.3 Å². The van der Waals surface area contributed by atoms with Crippen LogP contribution in [0.15, 0.2) is 0 Å². The molecule has 0 radical (unpaired) electrons. The fourth-order valence-corrected chi connectivity index (χ4v) is 4.52. The fraction of sp³-hybridized carbons (Fsp3) is 0.714. The number of nitrogens with two attached hydrogens (primary N) is 1. The third-order valence-corrected chi connectivity index (χ3v) is 5.85. The van der Waals surface area contributed by atoms with E-state index in [2.05, 4.69) is 14.6 Å². The Morgan fingerprint density at radius 3 is 2.55 bits per heavy atom. The average Bonchev–Trinajstić information content (AvgIpc) is 3.07. The summed E-state index contributed by atoms with van der Waals surface area (Å²) in [5.74, 6) is 0.220. The minimum Gasteiger partial charge on any atom is -0.382 e. The Hall–Kier alpha value is -1.30. The lowest BCUT2D eigenvalue weighted by Gasteiger charge is -2.40. The number of carbonyl (C=O) groups is 1. The Labute approximate surface area is 123 Å². The molecule has 1 spiro atoms. The number of nitrogens with one attached hydrogen (secondary N) is 1. The molecule has 1 aliphatic heterocycles. The van der Waals surface area contributed by atoms with Gasteiger partial charge in [0.1, 0.15) is 10.6 Å². The smallest absolute Gasteiger partial charge is 0.257 e. The molecule has 1 aliphatic carbocycles. The Morgan fingerprint density at radius 2 is 1.95 bits per heavy atom. The van der Waals surface area contributed by atoms with Gasteiger partial charge < -0.3 is 16.0 Å². The summed E-state index contributed by atoms with van der Waals surface area (Å²) in [6.07, 6.45) is 8.01. The molecule has 20 heavy (non-hydrogen) atoms. The lowest BCUT2D eigenvalue weighted by atomic mass is 9.77. The highest BCUT2D eigenvalue weighted by Crippen LogP contribution is 2.47. The third kappa shape index (κ3) is 2.26. The molecule has 0 unspecified atom stereocenters.